The molecular formula is C17H24O4. The summed E-state index contributed by atoms with van der Waals surface area (Å²) in [7, 11) is 0. The number of allylic oxidation sites excluding steroid dienone is 1. The van der Waals surface area contributed by atoms with E-state index in [1.165, 1.54) is 0 Å². The lowest BCUT2D eigenvalue weighted by molar-refractivity contribution is -0.0509. The molecule has 0 fully saturated rings. The molecule has 0 amide bonds. The Morgan fingerprint density at radius 2 is 1.95 bits per heavy atom. The van der Waals surface area contributed by atoms with Gasteiger partial charge in [0.2, 0.25) is 0 Å². The van der Waals surface area contributed by atoms with Gasteiger partial charge in [-0.25, -0.2) is 4.79 Å². The van der Waals surface area contributed by atoms with E-state index in [2.05, 4.69) is 0 Å². The summed E-state index contributed by atoms with van der Waals surface area (Å²) in [5.41, 5.74) is 0.445. The minimum Gasteiger partial charge on any atom is -0.458 e. The Balaban J connectivity index is 2.35. The maximum absolute atomic E-state index is 11.7. The monoisotopic (exact) mass is 292 g/mol. The van der Waals surface area contributed by atoms with Gasteiger partial charge in [0.1, 0.15) is 6.61 Å². The van der Waals surface area contributed by atoms with Crippen molar-refractivity contribution in [3.63, 3.8) is 0 Å². The van der Waals surface area contributed by atoms with Crippen molar-refractivity contribution in [2.75, 3.05) is 6.61 Å². The van der Waals surface area contributed by atoms with Crippen LogP contribution < -0.4 is 0 Å². The van der Waals surface area contributed by atoms with Crippen molar-refractivity contribution in [3.8, 4) is 0 Å². The number of aliphatic hydroxyl groups excluding tert-OH is 1. The van der Waals surface area contributed by atoms with Gasteiger partial charge in [0, 0.05) is 0 Å². The second kappa shape index (κ2) is 7.96. The molecule has 0 unspecified atom stereocenters. The maximum Gasteiger partial charge on any atom is 0.338 e. The maximum atomic E-state index is 11.7. The largest absolute Gasteiger partial charge is 0.458 e. The molecule has 4 nitrogen and oxygen atoms in total. The lowest BCUT2D eigenvalue weighted by Gasteiger charge is -2.24. The third-order valence-electron chi connectivity index (χ3n) is 3.28. The van der Waals surface area contributed by atoms with Gasteiger partial charge in [0.25, 0.3) is 0 Å². The van der Waals surface area contributed by atoms with Crippen LogP contribution in [0, 0.1) is 0 Å². The van der Waals surface area contributed by atoms with Crippen LogP contribution in [0.5, 0.6) is 0 Å². The van der Waals surface area contributed by atoms with E-state index in [1.54, 1.807) is 38.1 Å². The molecule has 0 aromatic heterocycles. The summed E-state index contributed by atoms with van der Waals surface area (Å²) >= 11 is 0. The summed E-state index contributed by atoms with van der Waals surface area (Å²) < 4.78 is 5.15. The number of esters is 1. The van der Waals surface area contributed by atoms with Gasteiger partial charge in [-0.2, -0.15) is 0 Å². The van der Waals surface area contributed by atoms with Crippen molar-refractivity contribution in [1.82, 2.24) is 0 Å². The second-order valence-electron chi connectivity index (χ2n) is 5.72. The van der Waals surface area contributed by atoms with Gasteiger partial charge in [0.15, 0.2) is 0 Å². The molecule has 0 spiro atoms. The lowest BCUT2D eigenvalue weighted by Crippen LogP contribution is -2.35. The number of rotatable bonds is 7. The minimum absolute atomic E-state index is 0.207. The number of carbonyl (C=O) groups is 1. The van der Waals surface area contributed by atoms with E-state index in [9.17, 15) is 15.0 Å². The topological polar surface area (TPSA) is 66.8 Å². The van der Waals surface area contributed by atoms with Crippen molar-refractivity contribution >= 4 is 5.97 Å². The Bertz CT molecular complexity index is 471. The standard InChI is InChI=1S/C17H24O4/c1-13(9-10-15(18)17(2,3)20)11-12-21-16(19)14-7-5-4-6-8-14/h4-8,11,15,18,20H,9-10,12H2,1-3H3/b13-11+/t15-/m1/s1. The van der Waals surface area contributed by atoms with Crippen molar-refractivity contribution < 1.29 is 19.7 Å². The zero-order chi connectivity index (χ0) is 15.9. The van der Waals surface area contributed by atoms with Crippen LogP contribution in [0.2, 0.25) is 0 Å². The first-order valence-electron chi connectivity index (χ1n) is 7.09. The van der Waals surface area contributed by atoms with E-state index < -0.39 is 11.7 Å². The molecule has 1 aromatic rings. The Hall–Kier alpha value is -1.65. The van der Waals surface area contributed by atoms with Crippen LogP contribution in [-0.2, 0) is 4.74 Å². The van der Waals surface area contributed by atoms with E-state index in [-0.39, 0.29) is 12.6 Å². The van der Waals surface area contributed by atoms with Crippen LogP contribution in [0.25, 0.3) is 0 Å². The number of hydrogen-bond donors (Lipinski definition) is 2. The van der Waals surface area contributed by atoms with Gasteiger partial charge in [-0.1, -0.05) is 23.8 Å². The molecular weight excluding hydrogens is 268 g/mol. The van der Waals surface area contributed by atoms with Crippen LogP contribution in [0.4, 0.5) is 0 Å². The molecule has 4 heteroatoms. The van der Waals surface area contributed by atoms with Crippen LogP contribution in [-0.4, -0.2) is 34.5 Å². The highest BCUT2D eigenvalue weighted by Gasteiger charge is 2.23. The first-order chi connectivity index (χ1) is 9.80. The van der Waals surface area contributed by atoms with Gasteiger partial charge < -0.3 is 14.9 Å². The summed E-state index contributed by atoms with van der Waals surface area (Å²) in [6.07, 6.45) is 2.16. The van der Waals surface area contributed by atoms with E-state index >= 15 is 0 Å². The highest BCUT2D eigenvalue weighted by molar-refractivity contribution is 5.89. The van der Waals surface area contributed by atoms with Crippen LogP contribution in [0.3, 0.4) is 0 Å². The van der Waals surface area contributed by atoms with E-state index in [4.69, 9.17) is 4.74 Å². The van der Waals surface area contributed by atoms with Crippen molar-refractivity contribution in [2.24, 2.45) is 0 Å². The predicted octanol–water partition coefficient (Wildman–Crippen LogP) is 2.70. The normalized spacial score (nSPS) is 13.9. The number of carbonyl (C=O) groups excluding carboxylic acids is 1. The van der Waals surface area contributed by atoms with Gasteiger partial charge in [-0.15, -0.1) is 0 Å². The Kier molecular flexibility index (Phi) is 6.59. The van der Waals surface area contributed by atoms with Crippen molar-refractivity contribution in [2.45, 2.75) is 45.3 Å². The molecule has 1 atom stereocenters. The van der Waals surface area contributed by atoms with Crippen LogP contribution >= 0.6 is 0 Å². The van der Waals surface area contributed by atoms with Gasteiger partial charge in [-0.05, 0) is 51.8 Å². The summed E-state index contributed by atoms with van der Waals surface area (Å²) in [6.45, 7) is 5.28. The summed E-state index contributed by atoms with van der Waals surface area (Å²) in [6, 6.07) is 8.83. The van der Waals surface area contributed by atoms with Gasteiger partial charge in [-0.3, -0.25) is 0 Å². The SMILES string of the molecule is C/C(=C\COC(=O)c1ccccc1)CC[C@@H](O)C(C)(C)O. The molecule has 1 rings (SSSR count). The molecule has 0 aliphatic rings. The number of hydrogen-bond acceptors (Lipinski definition) is 4. The van der Waals surface area contributed by atoms with Crippen LogP contribution in [0.1, 0.15) is 44.0 Å². The molecule has 0 radical (unpaired) electrons. The molecule has 1 aromatic carbocycles. The van der Waals surface area contributed by atoms with Crippen LogP contribution in [0.15, 0.2) is 42.0 Å². The fraction of sp³-hybridized carbons (Fsp3) is 0.471. The smallest absolute Gasteiger partial charge is 0.338 e. The Labute approximate surface area is 126 Å². The average molecular weight is 292 g/mol. The molecule has 0 aliphatic heterocycles. The highest BCUT2D eigenvalue weighted by Crippen LogP contribution is 2.16. The molecule has 0 bridgehead atoms. The first-order valence-corrected chi connectivity index (χ1v) is 7.09. The Morgan fingerprint density at radius 1 is 1.33 bits per heavy atom. The fourth-order valence-corrected chi connectivity index (χ4v) is 1.74. The van der Waals surface area contributed by atoms with E-state index in [0.29, 0.717) is 18.4 Å². The third-order valence-corrected chi connectivity index (χ3v) is 3.28. The molecule has 0 saturated heterocycles. The zero-order valence-corrected chi connectivity index (χ0v) is 12.9. The molecule has 2 N–H and O–H groups in total. The summed E-state index contributed by atoms with van der Waals surface area (Å²) in [5.74, 6) is -0.351. The lowest BCUT2D eigenvalue weighted by atomic mass is 9.96. The highest BCUT2D eigenvalue weighted by atomic mass is 16.5. The molecule has 21 heavy (non-hydrogen) atoms. The van der Waals surface area contributed by atoms with Crippen molar-refractivity contribution in [3.05, 3.63) is 47.5 Å². The molecule has 116 valence electrons. The summed E-state index contributed by atoms with van der Waals surface area (Å²) in [4.78, 5) is 11.7. The fourth-order valence-electron chi connectivity index (χ4n) is 1.74. The number of ether oxygens (including phenoxy) is 1. The molecule has 0 saturated carbocycles. The van der Waals surface area contributed by atoms with Crippen molar-refractivity contribution in [1.29, 1.82) is 0 Å². The second-order valence-corrected chi connectivity index (χ2v) is 5.72. The van der Waals surface area contributed by atoms with E-state index in [1.807, 2.05) is 19.1 Å². The quantitative estimate of drug-likeness (QED) is 0.599. The summed E-state index contributed by atoms with van der Waals surface area (Å²) in [5, 5.41) is 19.4. The Morgan fingerprint density at radius 3 is 2.52 bits per heavy atom. The average Bonchev–Trinajstić information content (AvgIpc) is 2.44. The van der Waals surface area contributed by atoms with Gasteiger partial charge >= 0.3 is 5.97 Å². The zero-order valence-electron chi connectivity index (χ0n) is 12.9. The molecule has 0 aliphatic carbocycles. The minimum atomic E-state index is -1.10. The number of benzene rings is 1. The first kappa shape index (κ1) is 17.4. The number of aliphatic hydroxyl groups is 2. The third kappa shape index (κ3) is 6.56. The van der Waals surface area contributed by atoms with E-state index in [0.717, 1.165) is 5.57 Å². The predicted molar refractivity (Wildman–Crippen MR) is 82.0 cm³/mol. The molecule has 0 heterocycles. The van der Waals surface area contributed by atoms with Gasteiger partial charge in [0.05, 0.1) is 17.3 Å².